The maximum Gasteiger partial charge on any atom is 0.0707 e. The number of aromatic nitrogens is 2. The number of aryl methyl sites for hydroxylation is 2. The van der Waals surface area contributed by atoms with E-state index in [1.807, 2.05) is 11.7 Å². The first-order valence-corrected chi connectivity index (χ1v) is 6.76. The summed E-state index contributed by atoms with van der Waals surface area (Å²) in [6, 6.07) is 0. The van der Waals surface area contributed by atoms with Gasteiger partial charge in [-0.25, -0.2) is 0 Å². The van der Waals surface area contributed by atoms with Gasteiger partial charge in [0.25, 0.3) is 0 Å². The summed E-state index contributed by atoms with van der Waals surface area (Å²) >= 11 is 0. The van der Waals surface area contributed by atoms with E-state index in [-0.39, 0.29) is 5.60 Å². The van der Waals surface area contributed by atoms with Gasteiger partial charge < -0.3 is 10.1 Å². The molecule has 4 nitrogen and oxygen atoms in total. The van der Waals surface area contributed by atoms with Crippen LogP contribution in [-0.4, -0.2) is 28.0 Å². The predicted octanol–water partition coefficient (Wildman–Crippen LogP) is 2.08. The maximum atomic E-state index is 5.97. The molecule has 0 aliphatic carbocycles. The molecule has 1 aromatic heterocycles. The fraction of sp³-hybridized carbons (Fsp3) is 0.786. The summed E-state index contributed by atoms with van der Waals surface area (Å²) in [5.74, 6) is 0. The van der Waals surface area contributed by atoms with Crippen molar-refractivity contribution in [2.75, 3.05) is 6.54 Å². The Morgan fingerprint density at radius 1 is 1.44 bits per heavy atom. The molecule has 0 spiro atoms. The van der Waals surface area contributed by atoms with Gasteiger partial charge in [-0.2, -0.15) is 5.10 Å². The number of nitrogens with one attached hydrogen (secondary N) is 1. The van der Waals surface area contributed by atoms with E-state index in [1.165, 1.54) is 11.3 Å². The number of nitrogens with zero attached hydrogens (tertiary/aromatic N) is 2. The van der Waals surface area contributed by atoms with Crippen LogP contribution in [0.25, 0.3) is 0 Å². The molecule has 1 saturated heterocycles. The Hall–Kier alpha value is -0.870. The Bertz CT molecular complexity index is 423. The average molecular weight is 251 g/mol. The van der Waals surface area contributed by atoms with Crippen LogP contribution in [0.3, 0.4) is 0 Å². The Labute approximate surface area is 110 Å². The molecule has 4 heteroatoms. The number of ether oxygens (including phenoxy) is 1. The van der Waals surface area contributed by atoms with Gasteiger partial charge in [0.2, 0.25) is 0 Å². The van der Waals surface area contributed by atoms with Crippen LogP contribution in [-0.2, 0) is 18.3 Å². The highest BCUT2D eigenvalue weighted by Crippen LogP contribution is 2.28. The Morgan fingerprint density at radius 2 is 2.17 bits per heavy atom. The van der Waals surface area contributed by atoms with Crippen LogP contribution >= 0.6 is 0 Å². The Balaban J connectivity index is 1.82. The Morgan fingerprint density at radius 3 is 2.67 bits per heavy atom. The lowest BCUT2D eigenvalue weighted by atomic mass is 10.1. The minimum Gasteiger partial charge on any atom is -0.371 e. The Kier molecular flexibility index (Phi) is 3.78. The van der Waals surface area contributed by atoms with Gasteiger partial charge in [-0.15, -0.1) is 0 Å². The third kappa shape index (κ3) is 2.93. The second kappa shape index (κ2) is 5.02. The van der Waals surface area contributed by atoms with E-state index in [9.17, 15) is 0 Å². The van der Waals surface area contributed by atoms with Crippen LogP contribution in [0.2, 0.25) is 0 Å². The van der Waals surface area contributed by atoms with Crippen molar-refractivity contribution in [1.29, 1.82) is 0 Å². The van der Waals surface area contributed by atoms with Gasteiger partial charge in [-0.1, -0.05) is 0 Å². The first kappa shape index (κ1) is 13.6. The zero-order chi connectivity index (χ0) is 13.3. The lowest BCUT2D eigenvalue weighted by Gasteiger charge is -2.19. The molecule has 0 bridgehead atoms. The lowest BCUT2D eigenvalue weighted by Crippen LogP contribution is -2.29. The molecule has 18 heavy (non-hydrogen) atoms. The summed E-state index contributed by atoms with van der Waals surface area (Å²) in [7, 11) is 1.99. The van der Waals surface area contributed by atoms with Gasteiger partial charge in [-0.3, -0.25) is 4.68 Å². The first-order chi connectivity index (χ1) is 8.39. The van der Waals surface area contributed by atoms with E-state index in [4.69, 9.17) is 4.74 Å². The molecule has 102 valence electrons. The molecule has 0 saturated carbocycles. The van der Waals surface area contributed by atoms with E-state index in [0.29, 0.717) is 6.10 Å². The molecule has 1 aromatic rings. The fourth-order valence-electron chi connectivity index (χ4n) is 2.65. The normalized spacial score (nSPS) is 22.6. The topological polar surface area (TPSA) is 39.1 Å². The van der Waals surface area contributed by atoms with Crippen molar-refractivity contribution in [1.82, 2.24) is 15.1 Å². The molecule has 1 fully saturated rings. The number of hydrogen-bond acceptors (Lipinski definition) is 3. The molecule has 1 atom stereocenters. The highest BCUT2D eigenvalue weighted by Gasteiger charge is 2.31. The third-order valence-electron chi connectivity index (χ3n) is 3.89. The first-order valence-electron chi connectivity index (χ1n) is 6.76. The van der Waals surface area contributed by atoms with E-state index >= 15 is 0 Å². The molecule has 0 radical (unpaired) electrons. The second-order valence-electron chi connectivity index (χ2n) is 5.94. The molecule has 2 heterocycles. The molecule has 1 N–H and O–H groups in total. The molecule has 1 aliphatic heterocycles. The minimum absolute atomic E-state index is 0.0620. The zero-order valence-electron chi connectivity index (χ0n) is 12.2. The summed E-state index contributed by atoms with van der Waals surface area (Å²) < 4.78 is 7.92. The van der Waals surface area contributed by atoms with E-state index < -0.39 is 0 Å². The molecule has 0 amide bonds. The van der Waals surface area contributed by atoms with Gasteiger partial charge in [-0.05, 0) is 40.5 Å². The van der Waals surface area contributed by atoms with Crippen molar-refractivity contribution in [2.45, 2.75) is 58.8 Å². The summed E-state index contributed by atoms with van der Waals surface area (Å²) in [5, 5.41) is 7.93. The fourth-order valence-corrected chi connectivity index (χ4v) is 2.65. The highest BCUT2D eigenvalue weighted by molar-refractivity contribution is 5.23. The molecule has 1 aliphatic rings. The molecule has 0 aromatic carbocycles. The SMILES string of the molecule is Cc1nn(C)c(C)c1CNCC1CCC(C)(C)O1. The van der Waals surface area contributed by atoms with Crippen molar-refractivity contribution >= 4 is 0 Å². The van der Waals surface area contributed by atoms with Crippen LogP contribution in [0.15, 0.2) is 0 Å². The molecular weight excluding hydrogens is 226 g/mol. The van der Waals surface area contributed by atoms with Crippen LogP contribution in [0.4, 0.5) is 0 Å². The highest BCUT2D eigenvalue weighted by atomic mass is 16.5. The second-order valence-corrected chi connectivity index (χ2v) is 5.94. The largest absolute Gasteiger partial charge is 0.371 e. The van der Waals surface area contributed by atoms with Crippen LogP contribution in [0, 0.1) is 13.8 Å². The summed E-state index contributed by atoms with van der Waals surface area (Å²) in [6.45, 7) is 10.3. The van der Waals surface area contributed by atoms with Crippen molar-refractivity contribution in [2.24, 2.45) is 7.05 Å². The van der Waals surface area contributed by atoms with E-state index in [2.05, 4.69) is 38.1 Å². The van der Waals surface area contributed by atoms with Gasteiger partial charge in [0, 0.05) is 31.4 Å². The molecule has 1 unspecified atom stereocenters. The molecule has 2 rings (SSSR count). The zero-order valence-corrected chi connectivity index (χ0v) is 12.2. The smallest absolute Gasteiger partial charge is 0.0707 e. The van der Waals surface area contributed by atoms with Crippen LogP contribution in [0.1, 0.15) is 43.6 Å². The maximum absolute atomic E-state index is 5.97. The van der Waals surface area contributed by atoms with Crippen molar-refractivity contribution in [3.8, 4) is 0 Å². The van der Waals surface area contributed by atoms with Gasteiger partial charge in [0.05, 0.1) is 17.4 Å². The van der Waals surface area contributed by atoms with E-state index in [0.717, 1.165) is 31.6 Å². The third-order valence-corrected chi connectivity index (χ3v) is 3.89. The van der Waals surface area contributed by atoms with Crippen LogP contribution in [0.5, 0.6) is 0 Å². The van der Waals surface area contributed by atoms with E-state index in [1.54, 1.807) is 0 Å². The summed E-state index contributed by atoms with van der Waals surface area (Å²) in [4.78, 5) is 0. The minimum atomic E-state index is 0.0620. The van der Waals surface area contributed by atoms with Gasteiger partial charge in [0.15, 0.2) is 0 Å². The summed E-state index contributed by atoms with van der Waals surface area (Å²) in [5.41, 5.74) is 3.74. The lowest BCUT2D eigenvalue weighted by molar-refractivity contribution is -0.0143. The van der Waals surface area contributed by atoms with Crippen molar-refractivity contribution in [3.63, 3.8) is 0 Å². The van der Waals surface area contributed by atoms with Crippen molar-refractivity contribution < 1.29 is 4.74 Å². The number of hydrogen-bond donors (Lipinski definition) is 1. The van der Waals surface area contributed by atoms with Gasteiger partial charge in [0.1, 0.15) is 0 Å². The monoisotopic (exact) mass is 251 g/mol. The molecular formula is C14H25N3O. The van der Waals surface area contributed by atoms with Crippen LogP contribution < -0.4 is 5.32 Å². The summed E-state index contributed by atoms with van der Waals surface area (Å²) in [6.07, 6.45) is 2.67. The standard InChI is InChI=1S/C14H25N3O/c1-10-13(11(2)17(5)16-10)9-15-8-12-6-7-14(3,4)18-12/h12,15H,6-9H2,1-5H3. The predicted molar refractivity (Wildman–Crippen MR) is 72.6 cm³/mol. The quantitative estimate of drug-likeness (QED) is 0.890. The number of rotatable bonds is 4. The van der Waals surface area contributed by atoms with Gasteiger partial charge >= 0.3 is 0 Å². The average Bonchev–Trinajstić information content (AvgIpc) is 2.73. The van der Waals surface area contributed by atoms with Crippen molar-refractivity contribution in [3.05, 3.63) is 17.0 Å².